The third-order valence-electron chi connectivity index (χ3n) is 3.79. The molecule has 2 aromatic carbocycles. The van der Waals surface area contributed by atoms with Crippen molar-refractivity contribution in [3.63, 3.8) is 0 Å². The average molecular weight is 398 g/mol. The van der Waals surface area contributed by atoms with Crippen LogP contribution in [0.3, 0.4) is 0 Å². The zero-order chi connectivity index (χ0) is 19.4. The molecule has 0 atom stereocenters. The van der Waals surface area contributed by atoms with Crippen LogP contribution in [0, 0.1) is 24.1 Å². The van der Waals surface area contributed by atoms with Crippen LogP contribution in [0.4, 0.5) is 10.1 Å². The first-order chi connectivity index (χ1) is 13.0. The molecule has 0 spiro atoms. The van der Waals surface area contributed by atoms with Crippen molar-refractivity contribution in [2.24, 2.45) is 0 Å². The normalized spacial score (nSPS) is 11.1. The summed E-state index contributed by atoms with van der Waals surface area (Å²) in [5.41, 5.74) is 2.42. The van der Waals surface area contributed by atoms with Crippen LogP contribution in [0.1, 0.15) is 11.3 Å². The fraction of sp³-hybridized carbons (Fsp3) is 0.0500. The number of amides is 1. The summed E-state index contributed by atoms with van der Waals surface area (Å²) in [6, 6.07) is 13.0. The summed E-state index contributed by atoms with van der Waals surface area (Å²) in [5, 5.41) is 15.0. The lowest BCUT2D eigenvalue weighted by Crippen LogP contribution is -2.14. The minimum Gasteiger partial charge on any atom is -0.321 e. The monoisotopic (exact) mass is 397 g/mol. The number of aromatic nitrogens is 1. The highest BCUT2D eigenvalue weighted by Gasteiger charge is 2.13. The number of carbonyl (C=O) groups is 1. The minimum atomic E-state index is -0.542. The highest BCUT2D eigenvalue weighted by molar-refractivity contribution is 7.13. The van der Waals surface area contributed by atoms with Crippen molar-refractivity contribution < 1.29 is 9.18 Å². The van der Waals surface area contributed by atoms with E-state index < -0.39 is 5.91 Å². The second-order valence-electron chi connectivity index (χ2n) is 5.62. The van der Waals surface area contributed by atoms with Gasteiger partial charge in [-0.1, -0.05) is 17.7 Å². The van der Waals surface area contributed by atoms with Crippen LogP contribution in [-0.4, -0.2) is 10.9 Å². The molecule has 0 aliphatic carbocycles. The number of nitriles is 1. The molecular weight excluding hydrogens is 385 g/mol. The van der Waals surface area contributed by atoms with Gasteiger partial charge < -0.3 is 5.32 Å². The van der Waals surface area contributed by atoms with E-state index >= 15 is 0 Å². The summed E-state index contributed by atoms with van der Waals surface area (Å²) in [6.07, 6.45) is 1.42. The Morgan fingerprint density at radius 2 is 2.04 bits per heavy atom. The fourth-order valence-electron chi connectivity index (χ4n) is 2.31. The van der Waals surface area contributed by atoms with E-state index in [4.69, 9.17) is 11.6 Å². The molecule has 4 nitrogen and oxygen atoms in total. The third-order valence-corrected chi connectivity index (χ3v) is 5.11. The lowest BCUT2D eigenvalue weighted by molar-refractivity contribution is -0.112. The summed E-state index contributed by atoms with van der Waals surface area (Å²) < 4.78 is 13.0. The first-order valence-corrected chi connectivity index (χ1v) is 9.13. The van der Waals surface area contributed by atoms with E-state index in [1.165, 1.54) is 29.5 Å². The Bertz CT molecular complexity index is 1070. The van der Waals surface area contributed by atoms with Crippen LogP contribution in [-0.2, 0) is 4.79 Å². The lowest BCUT2D eigenvalue weighted by atomic mass is 10.1. The number of hydrogen-bond acceptors (Lipinski definition) is 4. The topological polar surface area (TPSA) is 65.8 Å². The van der Waals surface area contributed by atoms with Crippen molar-refractivity contribution >= 4 is 40.6 Å². The van der Waals surface area contributed by atoms with Crippen molar-refractivity contribution in [3.8, 4) is 16.6 Å². The van der Waals surface area contributed by atoms with Crippen molar-refractivity contribution in [1.82, 2.24) is 4.98 Å². The van der Waals surface area contributed by atoms with Crippen molar-refractivity contribution in [1.29, 1.82) is 5.26 Å². The number of hydrogen-bond donors (Lipinski definition) is 1. The number of benzene rings is 2. The maximum Gasteiger partial charge on any atom is 0.266 e. The van der Waals surface area contributed by atoms with Crippen LogP contribution < -0.4 is 5.32 Å². The van der Waals surface area contributed by atoms with Crippen molar-refractivity contribution in [2.45, 2.75) is 6.92 Å². The number of thiazole rings is 1. The predicted octanol–water partition coefficient (Wildman–Crippen LogP) is 5.46. The Hall–Kier alpha value is -3.01. The zero-order valence-corrected chi connectivity index (χ0v) is 15.7. The molecule has 0 radical (unpaired) electrons. The Balaban J connectivity index is 1.82. The minimum absolute atomic E-state index is 0.0784. The zero-order valence-electron chi connectivity index (χ0n) is 14.2. The first-order valence-electron chi connectivity index (χ1n) is 7.87. The number of nitrogens with zero attached hydrogens (tertiary/aromatic N) is 2. The van der Waals surface area contributed by atoms with Gasteiger partial charge in [-0.05, 0) is 55.0 Å². The van der Waals surface area contributed by atoms with Gasteiger partial charge in [-0.2, -0.15) is 5.26 Å². The number of rotatable bonds is 4. The molecule has 134 valence electrons. The lowest BCUT2D eigenvalue weighted by Gasteiger charge is -2.08. The SMILES string of the molecule is Cc1c(Cl)cccc1NC(=O)/C(C#N)=C/c1csc(-c2ccc(F)cc2)n1. The van der Waals surface area contributed by atoms with E-state index in [-0.39, 0.29) is 11.4 Å². The van der Waals surface area contributed by atoms with E-state index in [1.54, 1.807) is 42.6 Å². The molecule has 0 bridgehead atoms. The van der Waals surface area contributed by atoms with Gasteiger partial charge in [0.1, 0.15) is 22.5 Å². The van der Waals surface area contributed by atoms with Crippen LogP contribution in [0.2, 0.25) is 5.02 Å². The number of anilines is 1. The second-order valence-corrected chi connectivity index (χ2v) is 6.89. The molecule has 0 saturated heterocycles. The summed E-state index contributed by atoms with van der Waals surface area (Å²) in [4.78, 5) is 16.8. The highest BCUT2D eigenvalue weighted by atomic mass is 35.5. The Morgan fingerprint density at radius 1 is 1.30 bits per heavy atom. The molecule has 0 aliphatic rings. The van der Waals surface area contributed by atoms with Gasteiger partial charge >= 0.3 is 0 Å². The first kappa shape index (κ1) is 18.8. The van der Waals surface area contributed by atoms with Gasteiger partial charge in [-0.15, -0.1) is 11.3 Å². The van der Waals surface area contributed by atoms with Gasteiger partial charge in [0.25, 0.3) is 5.91 Å². The molecule has 0 saturated carbocycles. The highest BCUT2D eigenvalue weighted by Crippen LogP contribution is 2.26. The maximum absolute atomic E-state index is 13.0. The molecule has 3 rings (SSSR count). The molecule has 0 fully saturated rings. The van der Waals surface area contributed by atoms with E-state index in [0.717, 1.165) is 11.1 Å². The Kier molecular flexibility index (Phi) is 5.65. The van der Waals surface area contributed by atoms with Gasteiger partial charge in [0.15, 0.2) is 0 Å². The smallest absolute Gasteiger partial charge is 0.266 e. The summed E-state index contributed by atoms with van der Waals surface area (Å²) >= 11 is 7.39. The fourth-order valence-corrected chi connectivity index (χ4v) is 3.26. The van der Waals surface area contributed by atoms with Gasteiger partial charge in [-0.3, -0.25) is 4.79 Å². The van der Waals surface area contributed by atoms with Crippen LogP contribution in [0.25, 0.3) is 16.6 Å². The van der Waals surface area contributed by atoms with Crippen LogP contribution >= 0.6 is 22.9 Å². The molecule has 1 heterocycles. The molecule has 1 aromatic heterocycles. The number of nitrogens with one attached hydrogen (secondary N) is 1. The van der Waals surface area contributed by atoms with Gasteiger partial charge in [0, 0.05) is 21.7 Å². The quantitative estimate of drug-likeness (QED) is 0.469. The second kappa shape index (κ2) is 8.12. The van der Waals surface area contributed by atoms with Crippen LogP contribution in [0.15, 0.2) is 53.4 Å². The van der Waals surface area contributed by atoms with Crippen molar-refractivity contribution in [2.75, 3.05) is 5.32 Å². The van der Waals surface area contributed by atoms with Crippen LogP contribution in [0.5, 0.6) is 0 Å². The van der Waals surface area contributed by atoms with E-state index in [2.05, 4.69) is 10.3 Å². The summed E-state index contributed by atoms with van der Waals surface area (Å²) in [7, 11) is 0. The molecular formula is C20H13ClFN3OS. The molecule has 7 heteroatoms. The Labute approximate surface area is 164 Å². The molecule has 1 amide bonds. The van der Waals surface area contributed by atoms with Crippen molar-refractivity contribution in [3.05, 3.63) is 75.5 Å². The molecule has 1 N–H and O–H groups in total. The molecule has 3 aromatic rings. The van der Waals surface area contributed by atoms with Gasteiger partial charge in [0.05, 0.1) is 5.69 Å². The van der Waals surface area contributed by atoms with E-state index in [9.17, 15) is 14.4 Å². The van der Waals surface area contributed by atoms with Gasteiger partial charge in [-0.25, -0.2) is 9.37 Å². The van der Waals surface area contributed by atoms with Gasteiger partial charge in [0.2, 0.25) is 0 Å². The number of carbonyl (C=O) groups excluding carboxylic acids is 1. The molecule has 0 aliphatic heterocycles. The van der Waals surface area contributed by atoms with E-state index in [1.807, 2.05) is 6.07 Å². The predicted molar refractivity (Wildman–Crippen MR) is 106 cm³/mol. The average Bonchev–Trinajstić information content (AvgIpc) is 3.12. The summed E-state index contributed by atoms with van der Waals surface area (Å²) in [6.45, 7) is 1.78. The maximum atomic E-state index is 13.0. The summed E-state index contributed by atoms with van der Waals surface area (Å²) in [5.74, 6) is -0.866. The number of halogens is 2. The Morgan fingerprint density at radius 3 is 2.74 bits per heavy atom. The molecule has 0 unspecified atom stereocenters. The molecule has 27 heavy (non-hydrogen) atoms. The third kappa shape index (κ3) is 4.40. The van der Waals surface area contributed by atoms with E-state index in [0.29, 0.717) is 21.4 Å². The largest absolute Gasteiger partial charge is 0.321 e. The standard InChI is InChI=1S/C20H13ClFN3OS/c1-12-17(21)3-2-4-18(12)25-19(26)14(10-23)9-16-11-27-20(24-16)13-5-7-15(22)8-6-13/h2-9,11H,1H3,(H,25,26)/b14-9+.